The van der Waals surface area contributed by atoms with Crippen LogP contribution in [0, 0.1) is 11.8 Å². The van der Waals surface area contributed by atoms with Crippen LogP contribution >= 0.6 is 0 Å². The molecular weight excluding hydrogens is 240 g/mol. The highest BCUT2D eigenvalue weighted by atomic mass is 16.5. The molecule has 3 heteroatoms. The maximum Gasteiger partial charge on any atom is 0.308 e. The van der Waals surface area contributed by atoms with E-state index in [0.717, 1.165) is 25.7 Å². The fourth-order valence-corrected chi connectivity index (χ4v) is 1.48. The van der Waals surface area contributed by atoms with Crippen molar-refractivity contribution in [3.05, 3.63) is 24.3 Å². The van der Waals surface area contributed by atoms with Gasteiger partial charge in [-0.25, -0.2) is 0 Å². The van der Waals surface area contributed by atoms with E-state index in [-0.39, 0.29) is 12.4 Å². The van der Waals surface area contributed by atoms with Crippen LogP contribution in [0.1, 0.15) is 45.4 Å². The van der Waals surface area contributed by atoms with Gasteiger partial charge in [0.1, 0.15) is 0 Å². The molecule has 0 aliphatic carbocycles. The maximum atomic E-state index is 10.9. The van der Waals surface area contributed by atoms with Crippen molar-refractivity contribution in [1.29, 1.82) is 0 Å². The number of esters is 1. The first kappa shape index (κ1) is 17.5. The van der Waals surface area contributed by atoms with Gasteiger partial charge in [0.2, 0.25) is 0 Å². The molecule has 106 valence electrons. The summed E-state index contributed by atoms with van der Waals surface area (Å²) < 4.78 is 4.49. The van der Waals surface area contributed by atoms with Crippen molar-refractivity contribution < 1.29 is 14.6 Å². The maximum absolute atomic E-state index is 10.9. The minimum absolute atomic E-state index is 0.0902. The number of aliphatic hydroxyl groups excluding tert-OH is 1. The first-order valence-corrected chi connectivity index (χ1v) is 6.70. The number of carbonyl (C=O) groups excluding carboxylic acids is 1. The molecule has 0 rings (SSSR count). The molecule has 0 aromatic carbocycles. The lowest BCUT2D eigenvalue weighted by Crippen LogP contribution is -2.14. The molecule has 19 heavy (non-hydrogen) atoms. The Morgan fingerprint density at radius 2 is 2.16 bits per heavy atom. The Hall–Kier alpha value is -1.53. The number of carbonyl (C=O) groups is 1. The first-order valence-electron chi connectivity index (χ1n) is 6.70. The molecule has 3 nitrogen and oxygen atoms in total. The van der Waals surface area contributed by atoms with Crippen LogP contribution in [0.3, 0.4) is 0 Å². The second kappa shape index (κ2) is 12.9. The van der Waals surface area contributed by atoms with Crippen LogP contribution < -0.4 is 0 Å². The quantitative estimate of drug-likeness (QED) is 0.317. The molecule has 1 atom stereocenters. The van der Waals surface area contributed by atoms with E-state index < -0.39 is 6.10 Å². The largest absolute Gasteiger partial charge is 0.469 e. The van der Waals surface area contributed by atoms with Gasteiger partial charge in [-0.1, -0.05) is 36.5 Å². The highest BCUT2D eigenvalue weighted by Crippen LogP contribution is 2.07. The second-order valence-electron chi connectivity index (χ2n) is 4.22. The van der Waals surface area contributed by atoms with Gasteiger partial charge in [0.25, 0.3) is 0 Å². The summed E-state index contributed by atoms with van der Waals surface area (Å²) in [6.07, 6.45) is 11.7. The average Bonchev–Trinajstić information content (AvgIpc) is 2.40. The molecule has 0 saturated heterocycles. The highest BCUT2D eigenvalue weighted by Gasteiger charge is 2.09. The van der Waals surface area contributed by atoms with Crippen LogP contribution in [0.5, 0.6) is 0 Å². The Labute approximate surface area is 116 Å². The highest BCUT2D eigenvalue weighted by molar-refractivity contribution is 5.69. The molecule has 0 bridgehead atoms. The Bertz CT molecular complexity index is 345. The van der Waals surface area contributed by atoms with Crippen molar-refractivity contribution in [2.24, 2.45) is 0 Å². The van der Waals surface area contributed by atoms with Crippen molar-refractivity contribution in [2.75, 3.05) is 7.11 Å². The van der Waals surface area contributed by atoms with Crippen molar-refractivity contribution in [3.63, 3.8) is 0 Å². The second-order valence-corrected chi connectivity index (χ2v) is 4.22. The van der Waals surface area contributed by atoms with E-state index in [0.29, 0.717) is 6.42 Å². The molecule has 0 saturated carbocycles. The molecule has 0 heterocycles. The Kier molecular flexibility index (Phi) is 11.9. The van der Waals surface area contributed by atoms with Crippen molar-refractivity contribution in [1.82, 2.24) is 0 Å². The van der Waals surface area contributed by atoms with Crippen molar-refractivity contribution in [3.8, 4) is 11.8 Å². The lowest BCUT2D eigenvalue weighted by Gasteiger charge is -2.07. The molecule has 0 fully saturated rings. The number of hydrogen-bond acceptors (Lipinski definition) is 3. The Balaban J connectivity index is 3.47. The number of unbranched alkanes of at least 4 members (excludes halogenated alkanes) is 2. The number of methoxy groups -OCH3 is 1. The van der Waals surface area contributed by atoms with Crippen LogP contribution in [0.25, 0.3) is 0 Å². The first-order chi connectivity index (χ1) is 9.20. The van der Waals surface area contributed by atoms with Gasteiger partial charge in [-0.2, -0.15) is 0 Å². The summed E-state index contributed by atoms with van der Waals surface area (Å²) in [6.45, 7) is 1.94. The van der Waals surface area contributed by atoms with Crippen LogP contribution in [0.4, 0.5) is 0 Å². The molecule has 0 aliphatic heterocycles. The van der Waals surface area contributed by atoms with Gasteiger partial charge in [-0.15, -0.1) is 0 Å². The lowest BCUT2D eigenvalue weighted by atomic mass is 10.1. The number of ether oxygens (including phenoxy) is 1. The zero-order valence-corrected chi connectivity index (χ0v) is 11.9. The predicted octanol–water partition coefficient (Wildman–Crippen LogP) is 3.00. The normalized spacial score (nSPS) is 12.4. The molecule has 0 amide bonds. The predicted molar refractivity (Wildman–Crippen MR) is 77.5 cm³/mol. The molecule has 1 N–H and O–H groups in total. The monoisotopic (exact) mass is 264 g/mol. The molecule has 0 aromatic heterocycles. The van der Waals surface area contributed by atoms with Crippen molar-refractivity contribution in [2.45, 2.75) is 51.6 Å². The molecule has 0 spiro atoms. The third kappa shape index (κ3) is 12.7. The minimum atomic E-state index is -0.580. The van der Waals surface area contributed by atoms with Crippen LogP contribution in [-0.2, 0) is 9.53 Å². The molecule has 0 aliphatic rings. The third-order valence-electron chi connectivity index (χ3n) is 2.53. The molecule has 0 radical (unpaired) electrons. The summed E-state index contributed by atoms with van der Waals surface area (Å²) >= 11 is 0. The van der Waals surface area contributed by atoms with E-state index in [9.17, 15) is 9.90 Å². The summed E-state index contributed by atoms with van der Waals surface area (Å²) in [5.41, 5.74) is 0. The number of aliphatic hydroxyl groups is 1. The van der Waals surface area contributed by atoms with Crippen LogP contribution in [0.2, 0.25) is 0 Å². The van der Waals surface area contributed by atoms with Gasteiger partial charge in [-0.3, -0.25) is 4.79 Å². The standard InChI is InChI=1S/C16H24O3/c1-3-4-5-6-7-8-9-10-11-12-13-15(17)14-16(18)19-2/h3-4,8-9,15,17H,7,10-14H2,1-2H3/b4-3+,9-8-/t15-/m1/s1. The van der Waals surface area contributed by atoms with E-state index in [2.05, 4.69) is 28.7 Å². The number of allylic oxidation sites excluding steroid dienone is 4. The van der Waals surface area contributed by atoms with Crippen LogP contribution in [0.15, 0.2) is 24.3 Å². The Morgan fingerprint density at radius 3 is 2.84 bits per heavy atom. The van der Waals surface area contributed by atoms with Gasteiger partial charge < -0.3 is 9.84 Å². The number of rotatable bonds is 8. The zero-order chi connectivity index (χ0) is 14.3. The fourth-order valence-electron chi connectivity index (χ4n) is 1.48. The van der Waals surface area contributed by atoms with E-state index in [4.69, 9.17) is 0 Å². The summed E-state index contributed by atoms with van der Waals surface area (Å²) in [7, 11) is 1.33. The summed E-state index contributed by atoms with van der Waals surface area (Å²) in [5, 5.41) is 9.53. The Morgan fingerprint density at radius 1 is 1.37 bits per heavy atom. The van der Waals surface area contributed by atoms with Crippen molar-refractivity contribution >= 4 is 5.97 Å². The minimum Gasteiger partial charge on any atom is -0.469 e. The van der Waals surface area contributed by atoms with Crippen LogP contribution in [-0.4, -0.2) is 24.3 Å². The van der Waals surface area contributed by atoms with Gasteiger partial charge in [0, 0.05) is 6.42 Å². The average molecular weight is 264 g/mol. The topological polar surface area (TPSA) is 46.5 Å². The number of hydrogen-bond donors (Lipinski definition) is 1. The van der Waals surface area contributed by atoms with Gasteiger partial charge in [0.05, 0.1) is 19.6 Å². The summed E-state index contributed by atoms with van der Waals surface area (Å²) in [4.78, 5) is 10.9. The van der Waals surface area contributed by atoms with Gasteiger partial charge >= 0.3 is 5.97 Å². The van der Waals surface area contributed by atoms with E-state index in [1.165, 1.54) is 7.11 Å². The summed E-state index contributed by atoms with van der Waals surface area (Å²) in [6, 6.07) is 0. The summed E-state index contributed by atoms with van der Waals surface area (Å²) in [5.74, 6) is 5.57. The molecule has 0 aromatic rings. The SMILES string of the molecule is C/C=C/C#CC/C=C\CCCC[C@@H](O)CC(=O)OC. The third-order valence-corrected chi connectivity index (χ3v) is 2.53. The molecular formula is C16H24O3. The van der Waals surface area contributed by atoms with E-state index in [1.54, 1.807) is 0 Å². The smallest absolute Gasteiger partial charge is 0.308 e. The van der Waals surface area contributed by atoms with Gasteiger partial charge in [0.15, 0.2) is 0 Å². The lowest BCUT2D eigenvalue weighted by molar-refractivity contribution is -0.142. The fraction of sp³-hybridized carbons (Fsp3) is 0.562. The van der Waals surface area contributed by atoms with E-state index >= 15 is 0 Å². The van der Waals surface area contributed by atoms with E-state index in [1.807, 2.05) is 19.1 Å². The molecule has 0 unspecified atom stereocenters. The zero-order valence-electron chi connectivity index (χ0n) is 11.9. The van der Waals surface area contributed by atoms with Gasteiger partial charge in [-0.05, 0) is 32.3 Å².